The lowest BCUT2D eigenvalue weighted by atomic mass is 9.99. The van der Waals surface area contributed by atoms with Crippen LogP contribution in [0.1, 0.15) is 12.5 Å². The highest BCUT2D eigenvalue weighted by Crippen LogP contribution is 2.25. The second-order valence-corrected chi connectivity index (χ2v) is 7.00. The Morgan fingerprint density at radius 2 is 1.17 bits per heavy atom. The van der Waals surface area contributed by atoms with Gasteiger partial charge < -0.3 is 0 Å². The van der Waals surface area contributed by atoms with Crippen LogP contribution in [0.15, 0.2) is 78.9 Å². The second-order valence-electron chi connectivity index (χ2n) is 5.73. The molecule has 120 valence electrons. The number of hydrogen-bond acceptors (Lipinski definition) is 2. The first-order valence-electron chi connectivity index (χ1n) is 8.10. The van der Waals surface area contributed by atoms with Crippen molar-refractivity contribution in [3.8, 4) is 22.3 Å². The van der Waals surface area contributed by atoms with Crippen LogP contribution in [0.4, 0.5) is 0 Å². The molecule has 0 saturated heterocycles. The third-order valence-corrected chi connectivity index (χ3v) is 4.79. The number of thioether (sulfide) groups is 1. The van der Waals surface area contributed by atoms with Gasteiger partial charge in [0.05, 0.1) is 0 Å². The summed E-state index contributed by atoms with van der Waals surface area (Å²) in [5.74, 6) is 0.848. The molecular weight excluding hydrogens is 312 g/mol. The van der Waals surface area contributed by atoms with Gasteiger partial charge in [0.2, 0.25) is 0 Å². The van der Waals surface area contributed by atoms with Gasteiger partial charge in [-0.15, -0.1) is 0 Å². The van der Waals surface area contributed by atoms with Crippen molar-refractivity contribution in [2.75, 3.05) is 5.75 Å². The highest BCUT2D eigenvalue weighted by atomic mass is 32.2. The van der Waals surface area contributed by atoms with E-state index in [1.165, 1.54) is 39.6 Å². The van der Waals surface area contributed by atoms with Gasteiger partial charge in [-0.25, -0.2) is 0 Å². The maximum absolute atomic E-state index is 11.0. The van der Waals surface area contributed by atoms with Crippen LogP contribution in [0.5, 0.6) is 0 Å². The van der Waals surface area contributed by atoms with Gasteiger partial charge in [0.1, 0.15) is 0 Å². The van der Waals surface area contributed by atoms with Crippen molar-refractivity contribution < 1.29 is 4.79 Å². The summed E-state index contributed by atoms with van der Waals surface area (Å²) in [4.78, 5) is 11.0. The van der Waals surface area contributed by atoms with Crippen molar-refractivity contribution in [1.29, 1.82) is 0 Å². The predicted octanol–water partition coefficient (Wildman–Crippen LogP) is 5.84. The molecule has 0 atom stereocenters. The van der Waals surface area contributed by atoms with Gasteiger partial charge >= 0.3 is 0 Å². The van der Waals surface area contributed by atoms with Gasteiger partial charge in [0, 0.05) is 12.7 Å². The maximum atomic E-state index is 11.0. The molecule has 0 aliphatic heterocycles. The topological polar surface area (TPSA) is 17.1 Å². The van der Waals surface area contributed by atoms with Crippen LogP contribution in [0.25, 0.3) is 22.3 Å². The van der Waals surface area contributed by atoms with Crippen LogP contribution >= 0.6 is 11.8 Å². The first-order chi connectivity index (χ1) is 11.7. The molecule has 0 radical (unpaired) electrons. The van der Waals surface area contributed by atoms with E-state index in [9.17, 15) is 4.79 Å². The highest BCUT2D eigenvalue weighted by molar-refractivity contribution is 8.13. The molecule has 1 nitrogen and oxygen atoms in total. The molecular formula is C22H20OS. The molecule has 0 bridgehead atoms. The number of carbonyl (C=O) groups is 1. The van der Waals surface area contributed by atoms with Crippen LogP contribution in [-0.4, -0.2) is 10.9 Å². The fourth-order valence-corrected chi connectivity index (χ4v) is 3.29. The number of aryl methyl sites for hydroxylation is 1. The summed E-state index contributed by atoms with van der Waals surface area (Å²) >= 11 is 1.39. The molecule has 0 N–H and O–H groups in total. The molecule has 3 rings (SSSR count). The summed E-state index contributed by atoms with van der Waals surface area (Å²) in [6, 6.07) is 27.7. The number of benzene rings is 3. The molecule has 0 aliphatic carbocycles. The molecule has 0 aromatic heterocycles. The first kappa shape index (κ1) is 16.5. The minimum absolute atomic E-state index is 0.185. The average Bonchev–Trinajstić information content (AvgIpc) is 2.63. The maximum Gasteiger partial charge on any atom is 0.185 e. The minimum atomic E-state index is 0.185. The van der Waals surface area contributed by atoms with Crippen molar-refractivity contribution in [1.82, 2.24) is 0 Å². The van der Waals surface area contributed by atoms with Gasteiger partial charge in [-0.1, -0.05) is 90.6 Å². The lowest BCUT2D eigenvalue weighted by Crippen LogP contribution is -1.91. The monoisotopic (exact) mass is 332 g/mol. The van der Waals surface area contributed by atoms with E-state index in [0.29, 0.717) is 0 Å². The molecule has 3 aromatic carbocycles. The third-order valence-electron chi connectivity index (χ3n) is 3.98. The molecule has 0 heterocycles. The Kier molecular flexibility index (Phi) is 5.50. The van der Waals surface area contributed by atoms with E-state index in [2.05, 4.69) is 72.8 Å². The molecule has 0 aliphatic rings. The van der Waals surface area contributed by atoms with Crippen LogP contribution < -0.4 is 0 Å². The van der Waals surface area contributed by atoms with Gasteiger partial charge in [-0.3, -0.25) is 4.79 Å². The predicted molar refractivity (Wildman–Crippen MR) is 104 cm³/mol. The van der Waals surface area contributed by atoms with Crippen molar-refractivity contribution in [3.63, 3.8) is 0 Å². The number of carbonyl (C=O) groups excluding carboxylic acids is 1. The lowest BCUT2D eigenvalue weighted by molar-refractivity contribution is -0.109. The molecule has 2 heteroatoms. The number of rotatable bonds is 5. The van der Waals surface area contributed by atoms with Gasteiger partial charge in [0.15, 0.2) is 5.12 Å². The normalized spacial score (nSPS) is 10.5. The summed E-state index contributed by atoms with van der Waals surface area (Å²) in [6.07, 6.45) is 0.928. The van der Waals surface area contributed by atoms with E-state index in [4.69, 9.17) is 0 Å². The summed E-state index contributed by atoms with van der Waals surface area (Å²) in [7, 11) is 0. The summed E-state index contributed by atoms with van der Waals surface area (Å²) in [6.45, 7) is 1.62. The Labute approximate surface area is 147 Å². The second kappa shape index (κ2) is 7.98. The lowest BCUT2D eigenvalue weighted by Gasteiger charge is -2.06. The molecule has 0 spiro atoms. The molecule has 3 aromatic rings. The van der Waals surface area contributed by atoms with E-state index in [-0.39, 0.29) is 5.12 Å². The fourth-order valence-electron chi connectivity index (χ4n) is 2.66. The van der Waals surface area contributed by atoms with Crippen LogP contribution in [0.2, 0.25) is 0 Å². The van der Waals surface area contributed by atoms with E-state index in [1.807, 2.05) is 6.07 Å². The van der Waals surface area contributed by atoms with E-state index >= 15 is 0 Å². The summed E-state index contributed by atoms with van der Waals surface area (Å²) in [5, 5.41) is 0.185. The SMILES string of the molecule is CC(=O)SCCc1ccc(-c2ccc(-c3ccccc3)cc2)cc1. The summed E-state index contributed by atoms with van der Waals surface area (Å²) in [5.41, 5.74) is 6.19. The van der Waals surface area contributed by atoms with E-state index in [1.54, 1.807) is 6.92 Å². The van der Waals surface area contributed by atoms with Crippen LogP contribution in [-0.2, 0) is 11.2 Å². The van der Waals surface area contributed by atoms with Gasteiger partial charge in [-0.2, -0.15) is 0 Å². The molecule has 0 amide bonds. The number of hydrogen-bond donors (Lipinski definition) is 0. The van der Waals surface area contributed by atoms with Gasteiger partial charge in [-0.05, 0) is 34.2 Å². The third kappa shape index (κ3) is 4.36. The van der Waals surface area contributed by atoms with Crippen LogP contribution in [0.3, 0.4) is 0 Å². The smallest absolute Gasteiger partial charge is 0.185 e. The molecule has 0 fully saturated rings. The molecule has 0 saturated carbocycles. The van der Waals surface area contributed by atoms with Crippen molar-refractivity contribution >= 4 is 16.9 Å². The molecule has 0 unspecified atom stereocenters. The Morgan fingerprint density at radius 3 is 1.67 bits per heavy atom. The van der Waals surface area contributed by atoms with Crippen molar-refractivity contribution in [2.24, 2.45) is 0 Å². The zero-order chi connectivity index (χ0) is 16.8. The average molecular weight is 332 g/mol. The summed E-state index contributed by atoms with van der Waals surface area (Å²) < 4.78 is 0. The Hall–Kier alpha value is -2.32. The molecule has 24 heavy (non-hydrogen) atoms. The minimum Gasteiger partial charge on any atom is -0.288 e. The largest absolute Gasteiger partial charge is 0.288 e. The Bertz CT molecular complexity index is 790. The van der Waals surface area contributed by atoms with Crippen molar-refractivity contribution in [3.05, 3.63) is 84.4 Å². The van der Waals surface area contributed by atoms with Crippen molar-refractivity contribution in [2.45, 2.75) is 13.3 Å². The first-order valence-corrected chi connectivity index (χ1v) is 9.09. The van der Waals surface area contributed by atoms with Crippen LogP contribution in [0, 0.1) is 0 Å². The quantitative estimate of drug-likeness (QED) is 0.583. The zero-order valence-corrected chi connectivity index (χ0v) is 14.6. The Morgan fingerprint density at radius 1 is 0.708 bits per heavy atom. The standard InChI is InChI=1S/C22H20OS/c1-17(23)24-16-15-18-7-9-20(10-8-18)22-13-11-21(12-14-22)19-5-3-2-4-6-19/h2-14H,15-16H2,1H3. The Balaban J connectivity index is 1.69. The van der Waals surface area contributed by atoms with Gasteiger partial charge in [0.25, 0.3) is 0 Å². The zero-order valence-electron chi connectivity index (χ0n) is 13.7. The fraction of sp³-hybridized carbons (Fsp3) is 0.136. The van der Waals surface area contributed by atoms with E-state index < -0.39 is 0 Å². The van der Waals surface area contributed by atoms with E-state index in [0.717, 1.165) is 12.2 Å². The highest BCUT2D eigenvalue weighted by Gasteiger charge is 2.01.